The van der Waals surface area contributed by atoms with Crippen molar-refractivity contribution in [2.45, 2.75) is 34.1 Å². The van der Waals surface area contributed by atoms with Crippen molar-refractivity contribution in [1.82, 2.24) is 0 Å². The molecule has 0 N–H and O–H groups in total. The molecule has 0 fully saturated rings. The maximum atomic E-state index is 3.65. The standard InChI is InChI=1S/C9H14.C2H6/c1-4-6-7-8-9(3)5-2;1-2/h4-6,8H,2,7H2,1,3H3;1-2H3/b6-4-,9-8?;. The summed E-state index contributed by atoms with van der Waals surface area (Å²) in [5, 5.41) is 0. The molecule has 0 aliphatic heterocycles. The van der Waals surface area contributed by atoms with Crippen LogP contribution in [0.25, 0.3) is 0 Å². The van der Waals surface area contributed by atoms with Gasteiger partial charge in [-0.25, -0.2) is 0 Å². The van der Waals surface area contributed by atoms with E-state index in [1.807, 2.05) is 32.9 Å². The summed E-state index contributed by atoms with van der Waals surface area (Å²) in [5.41, 5.74) is 1.24. The molecule has 0 rings (SSSR count). The Hall–Kier alpha value is -0.780. The SMILES string of the molecule is C=CC(C)=CC/C=C\C.CC. The minimum atomic E-state index is 1.02. The predicted molar refractivity (Wildman–Crippen MR) is 54.7 cm³/mol. The highest BCUT2D eigenvalue weighted by Gasteiger charge is 1.74. The maximum absolute atomic E-state index is 3.65. The van der Waals surface area contributed by atoms with Crippen LogP contribution in [0.15, 0.2) is 36.5 Å². The predicted octanol–water partition coefficient (Wildman–Crippen LogP) is 4.11. The van der Waals surface area contributed by atoms with Crippen molar-refractivity contribution in [3.05, 3.63) is 36.5 Å². The van der Waals surface area contributed by atoms with Crippen LogP contribution in [0.4, 0.5) is 0 Å². The van der Waals surface area contributed by atoms with Gasteiger partial charge < -0.3 is 0 Å². The first kappa shape index (κ1) is 12.9. The van der Waals surface area contributed by atoms with E-state index in [0.717, 1.165) is 6.42 Å². The topological polar surface area (TPSA) is 0 Å². The molecule has 11 heavy (non-hydrogen) atoms. The van der Waals surface area contributed by atoms with E-state index in [-0.39, 0.29) is 0 Å². The van der Waals surface area contributed by atoms with E-state index in [0.29, 0.717) is 0 Å². The van der Waals surface area contributed by atoms with Gasteiger partial charge in [0.05, 0.1) is 0 Å². The number of hydrogen-bond donors (Lipinski definition) is 0. The normalized spacial score (nSPS) is 10.7. The van der Waals surface area contributed by atoms with Crippen LogP contribution < -0.4 is 0 Å². The minimum absolute atomic E-state index is 1.02. The van der Waals surface area contributed by atoms with Gasteiger partial charge in [0.2, 0.25) is 0 Å². The molecule has 0 aromatic carbocycles. The monoisotopic (exact) mass is 152 g/mol. The van der Waals surface area contributed by atoms with E-state index in [2.05, 4.69) is 25.7 Å². The van der Waals surface area contributed by atoms with E-state index in [1.165, 1.54) is 5.57 Å². The molecular formula is C11H20. The largest absolute Gasteiger partial charge is 0.0988 e. The second-order valence-electron chi connectivity index (χ2n) is 1.96. The van der Waals surface area contributed by atoms with Crippen molar-refractivity contribution >= 4 is 0 Å². The van der Waals surface area contributed by atoms with Gasteiger partial charge >= 0.3 is 0 Å². The molecule has 0 unspecified atom stereocenters. The summed E-state index contributed by atoms with van der Waals surface area (Å²) in [6, 6.07) is 0. The second-order valence-corrected chi connectivity index (χ2v) is 1.96. The fourth-order valence-electron chi connectivity index (χ4n) is 0.473. The summed E-state index contributed by atoms with van der Waals surface area (Å²) in [6.45, 7) is 11.7. The Morgan fingerprint density at radius 3 is 2.27 bits per heavy atom. The lowest BCUT2D eigenvalue weighted by molar-refractivity contribution is 1.32. The zero-order chi connectivity index (χ0) is 9.11. The van der Waals surface area contributed by atoms with Crippen molar-refractivity contribution in [1.29, 1.82) is 0 Å². The molecule has 0 aliphatic rings. The van der Waals surface area contributed by atoms with Gasteiger partial charge in [0.25, 0.3) is 0 Å². The van der Waals surface area contributed by atoms with Crippen LogP contribution in [-0.4, -0.2) is 0 Å². The summed E-state index contributed by atoms with van der Waals surface area (Å²) in [6.07, 6.45) is 9.20. The lowest BCUT2D eigenvalue weighted by Crippen LogP contribution is -1.64. The quantitative estimate of drug-likeness (QED) is 0.421. The summed E-state index contributed by atoms with van der Waals surface area (Å²) < 4.78 is 0. The Kier molecular flexibility index (Phi) is 14.0. The minimum Gasteiger partial charge on any atom is -0.0988 e. The van der Waals surface area contributed by atoms with E-state index < -0.39 is 0 Å². The second kappa shape index (κ2) is 12.0. The van der Waals surface area contributed by atoms with Crippen molar-refractivity contribution in [2.75, 3.05) is 0 Å². The van der Waals surface area contributed by atoms with Crippen LogP contribution in [0.5, 0.6) is 0 Å². The van der Waals surface area contributed by atoms with Gasteiger partial charge in [0, 0.05) is 0 Å². The van der Waals surface area contributed by atoms with Gasteiger partial charge in [-0.2, -0.15) is 0 Å². The van der Waals surface area contributed by atoms with Gasteiger partial charge in [0.15, 0.2) is 0 Å². The van der Waals surface area contributed by atoms with Crippen LogP contribution in [-0.2, 0) is 0 Å². The highest BCUT2D eigenvalue weighted by molar-refractivity contribution is 5.13. The third kappa shape index (κ3) is 12.4. The zero-order valence-electron chi connectivity index (χ0n) is 8.22. The van der Waals surface area contributed by atoms with Crippen molar-refractivity contribution < 1.29 is 0 Å². The molecule has 0 saturated heterocycles. The van der Waals surface area contributed by atoms with Crippen molar-refractivity contribution in [3.8, 4) is 0 Å². The summed E-state index contributed by atoms with van der Waals surface area (Å²) >= 11 is 0. The number of rotatable bonds is 3. The zero-order valence-corrected chi connectivity index (χ0v) is 8.22. The summed E-state index contributed by atoms with van der Waals surface area (Å²) in [4.78, 5) is 0. The fourth-order valence-corrected chi connectivity index (χ4v) is 0.473. The first-order valence-electron chi connectivity index (χ1n) is 4.21. The van der Waals surface area contributed by atoms with Gasteiger partial charge in [-0.3, -0.25) is 0 Å². The first-order valence-corrected chi connectivity index (χ1v) is 4.21. The van der Waals surface area contributed by atoms with E-state index in [1.54, 1.807) is 0 Å². The Morgan fingerprint density at radius 2 is 1.91 bits per heavy atom. The first-order chi connectivity index (χ1) is 5.31. The molecule has 0 amide bonds. The summed E-state index contributed by atoms with van der Waals surface area (Å²) in [5.74, 6) is 0. The Bertz CT molecular complexity index is 127. The smallest absolute Gasteiger partial charge is 0.0164 e. The van der Waals surface area contributed by atoms with Crippen molar-refractivity contribution in [2.24, 2.45) is 0 Å². The molecule has 0 bridgehead atoms. The van der Waals surface area contributed by atoms with Crippen LogP contribution in [0.3, 0.4) is 0 Å². The van der Waals surface area contributed by atoms with E-state index in [9.17, 15) is 0 Å². The lowest BCUT2D eigenvalue weighted by atomic mass is 10.2. The molecule has 0 radical (unpaired) electrons. The molecule has 0 aliphatic carbocycles. The van der Waals surface area contributed by atoms with Crippen molar-refractivity contribution in [3.63, 3.8) is 0 Å². The molecular weight excluding hydrogens is 132 g/mol. The molecule has 0 aromatic rings. The lowest BCUT2D eigenvalue weighted by Gasteiger charge is -1.85. The van der Waals surface area contributed by atoms with E-state index >= 15 is 0 Å². The van der Waals surface area contributed by atoms with Crippen LogP contribution in [0, 0.1) is 0 Å². The Morgan fingerprint density at radius 1 is 1.36 bits per heavy atom. The average Bonchev–Trinajstić information content (AvgIpc) is 2.08. The molecule has 0 heterocycles. The molecule has 0 saturated carbocycles. The third-order valence-electron chi connectivity index (χ3n) is 1.13. The Labute approximate surface area is 71.3 Å². The average molecular weight is 152 g/mol. The number of allylic oxidation sites excluding steroid dienone is 5. The van der Waals surface area contributed by atoms with E-state index in [4.69, 9.17) is 0 Å². The molecule has 64 valence electrons. The third-order valence-corrected chi connectivity index (χ3v) is 1.13. The highest BCUT2D eigenvalue weighted by atomic mass is 13.8. The van der Waals surface area contributed by atoms with Gasteiger partial charge in [-0.05, 0) is 20.3 Å². The summed E-state index contributed by atoms with van der Waals surface area (Å²) in [7, 11) is 0. The fraction of sp³-hybridized carbons (Fsp3) is 0.455. The molecule has 0 aromatic heterocycles. The van der Waals surface area contributed by atoms with Gasteiger partial charge in [0.1, 0.15) is 0 Å². The highest BCUT2D eigenvalue weighted by Crippen LogP contribution is 1.95. The van der Waals surface area contributed by atoms with Crippen LogP contribution in [0.1, 0.15) is 34.1 Å². The molecule has 0 nitrogen and oxygen atoms in total. The maximum Gasteiger partial charge on any atom is -0.0164 e. The number of hydrogen-bond acceptors (Lipinski definition) is 0. The Balaban J connectivity index is 0. The molecule has 0 heteroatoms. The molecule has 0 spiro atoms. The van der Waals surface area contributed by atoms with Crippen LogP contribution in [0.2, 0.25) is 0 Å². The van der Waals surface area contributed by atoms with Crippen LogP contribution >= 0.6 is 0 Å². The van der Waals surface area contributed by atoms with Gasteiger partial charge in [-0.1, -0.05) is 50.3 Å². The van der Waals surface area contributed by atoms with Gasteiger partial charge in [-0.15, -0.1) is 0 Å². The molecule has 0 atom stereocenters.